The number of rotatable bonds is 4. The minimum Gasteiger partial charge on any atom is -0.481 e. The van der Waals surface area contributed by atoms with Gasteiger partial charge in [-0.3, -0.25) is 4.79 Å². The van der Waals surface area contributed by atoms with Gasteiger partial charge in [0.15, 0.2) is 17.4 Å². The van der Waals surface area contributed by atoms with Crippen LogP contribution >= 0.6 is 11.6 Å². The van der Waals surface area contributed by atoms with Crippen LogP contribution in [0.3, 0.4) is 0 Å². The van der Waals surface area contributed by atoms with Crippen molar-refractivity contribution in [2.24, 2.45) is 17.8 Å². The summed E-state index contributed by atoms with van der Waals surface area (Å²) in [5.74, 6) is -1.62. The largest absolute Gasteiger partial charge is 0.481 e. The molecule has 0 aromatic carbocycles. The van der Waals surface area contributed by atoms with Crippen molar-refractivity contribution in [3.05, 3.63) is 29.5 Å². The van der Waals surface area contributed by atoms with Crippen LogP contribution in [-0.4, -0.2) is 27.1 Å². The zero-order chi connectivity index (χ0) is 17.6. The first-order valence-corrected chi connectivity index (χ1v) is 8.68. The number of furan rings is 1. The Morgan fingerprint density at radius 2 is 2.00 bits per heavy atom. The molecule has 2 N–H and O–H groups in total. The highest BCUT2D eigenvalue weighted by atomic mass is 35.5. The first-order chi connectivity index (χ1) is 12.0. The molecule has 0 amide bonds. The summed E-state index contributed by atoms with van der Waals surface area (Å²) in [6, 6.07) is 2.84. The van der Waals surface area contributed by atoms with E-state index < -0.39 is 17.7 Å². The van der Waals surface area contributed by atoms with Crippen molar-refractivity contribution in [3.63, 3.8) is 0 Å². The highest BCUT2D eigenvalue weighted by molar-refractivity contribution is 6.28. The third-order valence-corrected chi connectivity index (χ3v) is 5.56. The van der Waals surface area contributed by atoms with E-state index in [0.717, 1.165) is 25.7 Å². The van der Waals surface area contributed by atoms with Crippen molar-refractivity contribution >= 4 is 23.4 Å². The number of carboxylic acids is 1. The molecule has 6 nitrogen and oxygen atoms in total. The summed E-state index contributed by atoms with van der Waals surface area (Å²) < 4.78 is 20.1. The summed E-state index contributed by atoms with van der Waals surface area (Å²) in [7, 11) is 0. The Bertz CT molecular complexity index is 791. The van der Waals surface area contributed by atoms with Crippen LogP contribution < -0.4 is 5.32 Å². The molecule has 2 unspecified atom stereocenters. The van der Waals surface area contributed by atoms with Gasteiger partial charge < -0.3 is 14.8 Å². The molecule has 25 heavy (non-hydrogen) atoms. The minimum absolute atomic E-state index is 0.0413. The van der Waals surface area contributed by atoms with Crippen LogP contribution in [0.25, 0.3) is 11.5 Å². The molecule has 2 bridgehead atoms. The zero-order valence-corrected chi connectivity index (χ0v) is 14.0. The summed E-state index contributed by atoms with van der Waals surface area (Å²) in [5, 5.41) is 12.5. The van der Waals surface area contributed by atoms with Gasteiger partial charge >= 0.3 is 5.97 Å². The van der Waals surface area contributed by atoms with Crippen molar-refractivity contribution in [2.45, 2.75) is 31.7 Å². The topological polar surface area (TPSA) is 88.2 Å². The van der Waals surface area contributed by atoms with E-state index in [1.807, 2.05) is 0 Å². The summed E-state index contributed by atoms with van der Waals surface area (Å²) >= 11 is 5.95. The molecule has 132 valence electrons. The number of carbonyl (C=O) groups is 1. The number of nitrogens with one attached hydrogen (secondary N) is 1. The maximum absolute atomic E-state index is 14.9. The molecule has 8 heteroatoms. The first-order valence-electron chi connectivity index (χ1n) is 8.31. The van der Waals surface area contributed by atoms with Crippen molar-refractivity contribution in [2.75, 3.05) is 5.32 Å². The van der Waals surface area contributed by atoms with Gasteiger partial charge in [0.25, 0.3) is 0 Å². The van der Waals surface area contributed by atoms with Crippen molar-refractivity contribution in [1.29, 1.82) is 0 Å². The van der Waals surface area contributed by atoms with Crippen molar-refractivity contribution < 1.29 is 18.7 Å². The Morgan fingerprint density at radius 3 is 2.64 bits per heavy atom. The number of fused-ring (bicyclic) bond motifs is 3. The summed E-state index contributed by atoms with van der Waals surface area (Å²) in [5.41, 5.74) is -0.0413. The maximum Gasteiger partial charge on any atom is 0.308 e. The average molecular weight is 366 g/mol. The molecule has 0 radical (unpaired) electrons. The van der Waals surface area contributed by atoms with Gasteiger partial charge in [0.1, 0.15) is 5.69 Å². The molecular weight excluding hydrogens is 349 g/mol. The molecule has 3 aliphatic rings. The van der Waals surface area contributed by atoms with E-state index in [2.05, 4.69) is 15.3 Å². The molecule has 2 heterocycles. The van der Waals surface area contributed by atoms with E-state index in [-0.39, 0.29) is 40.4 Å². The summed E-state index contributed by atoms with van der Waals surface area (Å²) in [6.07, 6.45) is 5.11. The number of anilines is 1. The highest BCUT2D eigenvalue weighted by Gasteiger charge is 2.47. The third kappa shape index (κ3) is 2.86. The normalized spacial score (nSPS) is 28.1. The second-order valence-electron chi connectivity index (χ2n) is 6.69. The van der Waals surface area contributed by atoms with E-state index in [4.69, 9.17) is 16.0 Å². The number of aromatic nitrogens is 2. The van der Waals surface area contributed by atoms with Gasteiger partial charge in [-0.2, -0.15) is 4.98 Å². The smallest absolute Gasteiger partial charge is 0.308 e. The fraction of sp³-hybridized carbons (Fsp3) is 0.471. The fourth-order valence-corrected chi connectivity index (χ4v) is 4.43. The van der Waals surface area contributed by atoms with Crippen LogP contribution in [0.4, 0.5) is 10.2 Å². The Balaban J connectivity index is 1.69. The van der Waals surface area contributed by atoms with E-state index in [1.54, 1.807) is 12.1 Å². The van der Waals surface area contributed by atoms with Crippen LogP contribution in [0.1, 0.15) is 25.7 Å². The molecule has 0 aliphatic heterocycles. The SMILES string of the molecule is O=C(O)C1C2CCC(CC2)C1Nc1nc(Cl)nc(-c2ccco2)c1F. The lowest BCUT2D eigenvalue weighted by atomic mass is 9.61. The van der Waals surface area contributed by atoms with Crippen molar-refractivity contribution in [3.8, 4) is 11.5 Å². The van der Waals surface area contributed by atoms with E-state index in [1.165, 1.54) is 6.26 Å². The lowest BCUT2D eigenvalue weighted by Crippen LogP contribution is -2.51. The molecule has 2 aromatic heterocycles. The lowest BCUT2D eigenvalue weighted by molar-refractivity contribution is -0.148. The Kier molecular flexibility index (Phi) is 4.11. The quantitative estimate of drug-likeness (QED) is 0.800. The Labute approximate surface area is 148 Å². The summed E-state index contributed by atoms with van der Waals surface area (Å²) in [4.78, 5) is 19.6. The van der Waals surface area contributed by atoms with Gasteiger partial charge in [-0.05, 0) is 61.3 Å². The van der Waals surface area contributed by atoms with E-state index in [0.29, 0.717) is 0 Å². The van der Waals surface area contributed by atoms with Crippen LogP contribution in [0.2, 0.25) is 5.28 Å². The van der Waals surface area contributed by atoms with Crippen LogP contribution in [0, 0.1) is 23.6 Å². The number of aliphatic carboxylic acids is 1. The second-order valence-corrected chi connectivity index (χ2v) is 7.03. The standard InChI is InChI=1S/C17H17ClFN3O3/c18-17-21-14(10-2-1-7-25-10)12(19)15(22-17)20-13-9-5-3-8(4-6-9)11(13)16(23)24/h1-2,7-9,11,13H,3-6H2,(H,23,24)(H,20,21,22). The molecular formula is C17H17ClFN3O3. The second kappa shape index (κ2) is 6.29. The van der Waals surface area contributed by atoms with Gasteiger partial charge in [-0.15, -0.1) is 0 Å². The van der Waals surface area contributed by atoms with Crippen LogP contribution in [-0.2, 0) is 4.79 Å². The third-order valence-electron chi connectivity index (χ3n) is 5.39. The van der Waals surface area contributed by atoms with Gasteiger partial charge in [0, 0.05) is 6.04 Å². The predicted molar refractivity (Wildman–Crippen MR) is 88.7 cm³/mol. The van der Waals surface area contributed by atoms with Gasteiger partial charge in [0.2, 0.25) is 5.28 Å². The minimum atomic E-state index is -0.848. The summed E-state index contributed by atoms with van der Waals surface area (Å²) in [6.45, 7) is 0. The molecule has 0 saturated heterocycles. The average Bonchev–Trinajstić information content (AvgIpc) is 3.12. The zero-order valence-electron chi connectivity index (χ0n) is 13.3. The first kappa shape index (κ1) is 16.3. The monoisotopic (exact) mass is 365 g/mol. The van der Waals surface area contributed by atoms with E-state index >= 15 is 0 Å². The van der Waals surface area contributed by atoms with E-state index in [9.17, 15) is 14.3 Å². The van der Waals surface area contributed by atoms with Crippen LogP contribution in [0.15, 0.2) is 22.8 Å². The fourth-order valence-electron chi connectivity index (χ4n) is 4.26. The van der Waals surface area contributed by atoms with Crippen molar-refractivity contribution in [1.82, 2.24) is 9.97 Å². The number of carboxylic acid groups (broad SMARTS) is 1. The van der Waals surface area contributed by atoms with Gasteiger partial charge in [0.05, 0.1) is 12.2 Å². The van der Waals surface area contributed by atoms with Crippen LogP contribution in [0.5, 0.6) is 0 Å². The Morgan fingerprint density at radius 1 is 1.28 bits per heavy atom. The number of hydrogen-bond donors (Lipinski definition) is 2. The molecule has 2 atom stereocenters. The molecule has 3 fully saturated rings. The number of hydrogen-bond acceptors (Lipinski definition) is 5. The Hall–Kier alpha value is -2.15. The highest BCUT2D eigenvalue weighted by Crippen LogP contribution is 2.46. The number of nitrogens with zero attached hydrogens (tertiary/aromatic N) is 2. The molecule has 2 aromatic rings. The predicted octanol–water partition coefficient (Wildman–Crippen LogP) is 3.83. The lowest BCUT2D eigenvalue weighted by Gasteiger charge is -2.47. The number of halogens is 2. The maximum atomic E-state index is 14.9. The van der Waals surface area contributed by atoms with Gasteiger partial charge in [-0.25, -0.2) is 9.37 Å². The van der Waals surface area contributed by atoms with Gasteiger partial charge in [-0.1, -0.05) is 0 Å². The molecule has 3 aliphatic carbocycles. The molecule has 0 spiro atoms. The molecule has 3 saturated carbocycles. The molecule has 5 rings (SSSR count).